The van der Waals surface area contributed by atoms with Gasteiger partial charge in [-0.15, -0.1) is 0 Å². The van der Waals surface area contributed by atoms with Gasteiger partial charge in [0.25, 0.3) is 0 Å². The quantitative estimate of drug-likeness (QED) is 0.320. The molecule has 0 aromatic carbocycles. The van der Waals surface area contributed by atoms with Gasteiger partial charge in [0.15, 0.2) is 0 Å². The molecule has 0 radical (unpaired) electrons. The van der Waals surface area contributed by atoms with E-state index in [1.165, 1.54) is 38.5 Å². The molecule has 1 aromatic rings. The highest BCUT2D eigenvalue weighted by Gasteiger charge is 2.27. The van der Waals surface area contributed by atoms with Crippen LogP contribution in [0.2, 0.25) is 0 Å². The maximum Gasteiger partial charge on any atom is 0.372 e. The average Bonchev–Trinajstić information content (AvgIpc) is 3.00. The molecule has 0 aliphatic rings. The summed E-state index contributed by atoms with van der Waals surface area (Å²) in [5, 5.41) is 18.9. The third kappa shape index (κ3) is 8.19. The van der Waals surface area contributed by atoms with Crippen molar-refractivity contribution in [2.24, 2.45) is 0 Å². The molecular weight excluding hydrogens is 344 g/mol. The van der Waals surface area contributed by atoms with Gasteiger partial charge in [-0.25, -0.2) is 9.59 Å². The fraction of sp³-hybridized carbons (Fsp3) is 0.727. The first-order valence-corrected chi connectivity index (χ1v) is 10.6. The summed E-state index contributed by atoms with van der Waals surface area (Å²) < 4.78 is 5.26. The molecule has 0 unspecified atom stereocenters. The zero-order valence-electron chi connectivity index (χ0n) is 17.0. The van der Waals surface area contributed by atoms with Crippen LogP contribution >= 0.6 is 0 Å². The van der Waals surface area contributed by atoms with Gasteiger partial charge >= 0.3 is 11.9 Å². The number of furan rings is 1. The van der Waals surface area contributed by atoms with Gasteiger partial charge in [0, 0.05) is 11.1 Å². The second kappa shape index (κ2) is 13.4. The maximum absolute atomic E-state index is 11.5. The molecule has 0 saturated carbocycles. The molecule has 0 aliphatic carbocycles. The van der Waals surface area contributed by atoms with Crippen LogP contribution in [0.5, 0.6) is 0 Å². The number of carboxylic acid groups (broad SMARTS) is 2. The van der Waals surface area contributed by atoms with Gasteiger partial charge in [-0.3, -0.25) is 0 Å². The first kappa shape index (κ1) is 23.3. The number of carboxylic acids is 2. The van der Waals surface area contributed by atoms with E-state index in [1.807, 2.05) is 0 Å². The van der Waals surface area contributed by atoms with Crippen LogP contribution in [0.15, 0.2) is 4.42 Å². The molecule has 0 spiro atoms. The molecule has 1 aromatic heterocycles. The largest absolute Gasteiger partial charge is 0.475 e. The van der Waals surface area contributed by atoms with Crippen LogP contribution in [-0.2, 0) is 12.8 Å². The SMILES string of the molecule is CCCCCCCCc1c(C(=O)O)oc(C(=O)O)c1CCCCCCCC. The second-order valence-corrected chi connectivity index (χ2v) is 7.36. The van der Waals surface area contributed by atoms with E-state index in [1.54, 1.807) is 0 Å². The molecule has 154 valence electrons. The van der Waals surface area contributed by atoms with Crippen molar-refractivity contribution in [1.29, 1.82) is 0 Å². The lowest BCUT2D eigenvalue weighted by Crippen LogP contribution is -2.03. The summed E-state index contributed by atoms with van der Waals surface area (Å²) >= 11 is 0. The molecule has 0 aliphatic heterocycles. The number of unbranched alkanes of at least 4 members (excludes halogenated alkanes) is 10. The first-order valence-electron chi connectivity index (χ1n) is 10.6. The summed E-state index contributed by atoms with van der Waals surface area (Å²) in [6.07, 6.45) is 14.4. The lowest BCUT2D eigenvalue weighted by Gasteiger charge is -2.06. The molecule has 1 heterocycles. The van der Waals surface area contributed by atoms with Gasteiger partial charge < -0.3 is 14.6 Å². The Morgan fingerprint density at radius 2 is 0.963 bits per heavy atom. The predicted octanol–water partition coefficient (Wildman–Crippen LogP) is 6.48. The van der Waals surface area contributed by atoms with Crippen molar-refractivity contribution in [3.63, 3.8) is 0 Å². The van der Waals surface area contributed by atoms with Crippen LogP contribution in [0.3, 0.4) is 0 Å². The van der Waals surface area contributed by atoms with Crippen LogP contribution in [0.25, 0.3) is 0 Å². The van der Waals surface area contributed by atoms with Gasteiger partial charge in [0.05, 0.1) is 0 Å². The molecule has 5 heteroatoms. The third-order valence-electron chi connectivity index (χ3n) is 5.07. The van der Waals surface area contributed by atoms with Crippen LogP contribution in [0.1, 0.15) is 123 Å². The molecule has 1 rings (SSSR count). The Balaban J connectivity index is 2.76. The molecule has 2 N–H and O–H groups in total. The predicted molar refractivity (Wildman–Crippen MR) is 107 cm³/mol. The van der Waals surface area contributed by atoms with Gasteiger partial charge in [-0.05, 0) is 25.7 Å². The highest BCUT2D eigenvalue weighted by molar-refractivity contribution is 5.92. The van der Waals surface area contributed by atoms with E-state index in [2.05, 4.69) is 13.8 Å². The van der Waals surface area contributed by atoms with E-state index < -0.39 is 11.9 Å². The average molecular weight is 381 g/mol. The van der Waals surface area contributed by atoms with Gasteiger partial charge in [-0.1, -0.05) is 78.1 Å². The number of aromatic carboxylic acids is 2. The highest BCUT2D eigenvalue weighted by atomic mass is 16.4. The Labute approximate surface area is 163 Å². The standard InChI is InChI=1S/C22H36O5/c1-3-5-7-9-11-13-15-17-18(16-14-12-10-8-6-4-2)20(22(25)26)27-19(17)21(23)24/h3-16H2,1-2H3,(H,23,24)(H,25,26). The van der Waals surface area contributed by atoms with E-state index in [0.717, 1.165) is 38.5 Å². The minimum atomic E-state index is -1.17. The molecule has 0 atom stereocenters. The normalized spacial score (nSPS) is 11.0. The number of hydrogen-bond acceptors (Lipinski definition) is 3. The first-order chi connectivity index (χ1) is 13.0. The van der Waals surface area contributed by atoms with Crippen molar-refractivity contribution in [2.45, 2.75) is 104 Å². The van der Waals surface area contributed by atoms with E-state index in [4.69, 9.17) is 4.42 Å². The van der Waals surface area contributed by atoms with Crippen molar-refractivity contribution in [2.75, 3.05) is 0 Å². The van der Waals surface area contributed by atoms with Crippen molar-refractivity contribution in [1.82, 2.24) is 0 Å². The van der Waals surface area contributed by atoms with Crippen molar-refractivity contribution in [3.05, 3.63) is 22.6 Å². The fourth-order valence-electron chi connectivity index (χ4n) is 3.54. The molecule has 5 nitrogen and oxygen atoms in total. The molecule has 0 saturated heterocycles. The van der Waals surface area contributed by atoms with Crippen LogP contribution in [0, 0.1) is 0 Å². The van der Waals surface area contributed by atoms with Gasteiger partial charge in [0.1, 0.15) is 0 Å². The number of hydrogen-bond donors (Lipinski definition) is 2. The van der Waals surface area contributed by atoms with Crippen LogP contribution in [0.4, 0.5) is 0 Å². The Hall–Kier alpha value is -1.78. The number of carbonyl (C=O) groups is 2. The Kier molecular flexibility index (Phi) is 11.5. The summed E-state index contributed by atoms with van der Waals surface area (Å²) in [5.74, 6) is -2.70. The topological polar surface area (TPSA) is 87.7 Å². The van der Waals surface area contributed by atoms with Gasteiger partial charge in [-0.2, -0.15) is 0 Å². The molecule has 0 fully saturated rings. The summed E-state index contributed by atoms with van der Waals surface area (Å²) in [6.45, 7) is 4.35. The lowest BCUT2D eigenvalue weighted by atomic mass is 9.96. The fourth-order valence-corrected chi connectivity index (χ4v) is 3.54. The van der Waals surface area contributed by atoms with E-state index in [9.17, 15) is 19.8 Å². The van der Waals surface area contributed by atoms with E-state index in [-0.39, 0.29) is 11.5 Å². The molecule has 0 bridgehead atoms. The van der Waals surface area contributed by atoms with E-state index >= 15 is 0 Å². The van der Waals surface area contributed by atoms with Gasteiger partial charge in [0.2, 0.25) is 11.5 Å². The summed E-state index contributed by atoms with van der Waals surface area (Å²) in [7, 11) is 0. The minimum Gasteiger partial charge on any atom is -0.475 e. The zero-order valence-corrected chi connectivity index (χ0v) is 17.0. The molecule has 27 heavy (non-hydrogen) atoms. The Morgan fingerprint density at radius 1 is 0.630 bits per heavy atom. The number of rotatable bonds is 16. The minimum absolute atomic E-state index is 0.179. The monoisotopic (exact) mass is 380 g/mol. The maximum atomic E-state index is 11.5. The van der Waals surface area contributed by atoms with E-state index in [0.29, 0.717) is 24.0 Å². The summed E-state index contributed by atoms with van der Waals surface area (Å²) in [4.78, 5) is 23.1. The third-order valence-corrected chi connectivity index (χ3v) is 5.07. The van der Waals surface area contributed by atoms with Crippen molar-refractivity contribution < 1.29 is 24.2 Å². The van der Waals surface area contributed by atoms with Crippen LogP contribution < -0.4 is 0 Å². The zero-order chi connectivity index (χ0) is 20.1. The van der Waals surface area contributed by atoms with Crippen molar-refractivity contribution in [3.8, 4) is 0 Å². The Bertz CT molecular complexity index is 525. The Morgan fingerprint density at radius 3 is 1.30 bits per heavy atom. The summed E-state index contributed by atoms with van der Waals surface area (Å²) in [6, 6.07) is 0. The highest BCUT2D eigenvalue weighted by Crippen LogP contribution is 2.27. The molecular formula is C22H36O5. The second-order valence-electron chi connectivity index (χ2n) is 7.36. The van der Waals surface area contributed by atoms with Crippen LogP contribution in [-0.4, -0.2) is 22.2 Å². The summed E-state index contributed by atoms with van der Waals surface area (Å²) in [5.41, 5.74) is 1.20. The van der Waals surface area contributed by atoms with Crippen molar-refractivity contribution >= 4 is 11.9 Å². The lowest BCUT2D eigenvalue weighted by molar-refractivity contribution is 0.0630. The smallest absolute Gasteiger partial charge is 0.372 e. The molecule has 0 amide bonds.